The molecule has 22 heteroatoms. The summed E-state index contributed by atoms with van der Waals surface area (Å²) >= 11 is 0. The molecular weight excluding hydrogens is 989 g/mol. The smallest absolute Gasteiger partial charge is 0.264 e. The molecule has 73 heavy (non-hydrogen) atoms. The van der Waals surface area contributed by atoms with Crippen molar-refractivity contribution in [3.63, 3.8) is 0 Å². The van der Waals surface area contributed by atoms with Crippen molar-refractivity contribution in [3.8, 4) is 22.3 Å². The predicted octanol–water partition coefficient (Wildman–Crippen LogP) is 4.18. The summed E-state index contributed by atoms with van der Waals surface area (Å²) in [7, 11) is -5.17. The maximum absolute atomic E-state index is 11.6. The van der Waals surface area contributed by atoms with E-state index in [1.165, 1.54) is 38.5 Å². The topological polar surface area (TPSA) is 247 Å². The number of benzene rings is 2. The molecule has 396 valence electrons. The highest BCUT2D eigenvalue weighted by molar-refractivity contribution is 7.90. The fourth-order valence-electron chi connectivity index (χ4n) is 10.1. The Kier molecular flexibility index (Phi) is 17.2. The number of aromatic nitrogens is 6. The van der Waals surface area contributed by atoms with Crippen LogP contribution in [0.4, 0.5) is 11.6 Å². The van der Waals surface area contributed by atoms with Crippen LogP contribution in [0.2, 0.25) is 0 Å². The van der Waals surface area contributed by atoms with Gasteiger partial charge < -0.3 is 40.6 Å². The molecule has 0 unspecified atom stereocenters. The van der Waals surface area contributed by atoms with Crippen molar-refractivity contribution in [1.82, 2.24) is 49.1 Å². The first-order valence-electron chi connectivity index (χ1n) is 25.1. The van der Waals surface area contributed by atoms with E-state index in [0.717, 1.165) is 127 Å². The first-order valence-corrected chi connectivity index (χ1v) is 31.0. The molecule has 2 aromatic carbocycles. The zero-order chi connectivity index (χ0) is 52.1. The first-order chi connectivity index (χ1) is 34.7. The fourth-order valence-corrected chi connectivity index (χ4v) is 11.8. The summed E-state index contributed by atoms with van der Waals surface area (Å²) in [4.78, 5) is 24.8. The van der Waals surface area contributed by atoms with Crippen LogP contribution in [-0.4, -0.2) is 179 Å². The lowest BCUT2D eigenvalue weighted by Crippen LogP contribution is -2.47. The highest BCUT2D eigenvalue weighted by Gasteiger charge is 2.35. The van der Waals surface area contributed by atoms with Gasteiger partial charge in [-0.25, -0.2) is 36.8 Å². The monoisotopic (exact) mass is 1060 g/mol. The Morgan fingerprint density at radius 3 is 1.49 bits per heavy atom. The lowest BCUT2D eigenvalue weighted by molar-refractivity contribution is 0.0920. The number of aryl methyl sites for hydroxylation is 2. The zero-order valence-corrected chi connectivity index (χ0v) is 45.2. The van der Waals surface area contributed by atoms with Crippen LogP contribution >= 0.6 is 0 Å². The quantitative estimate of drug-likeness (QED) is 0.122. The van der Waals surface area contributed by atoms with E-state index >= 15 is 0 Å². The third-order valence-electron chi connectivity index (χ3n) is 14.5. The molecule has 4 fully saturated rings. The second-order valence-corrected chi connectivity index (χ2v) is 26.8. The molecule has 0 amide bonds. The fraction of sp³-hybridized carbons (Fsp3) is 0.529. The largest absolute Gasteiger partial charge is 0.383 e. The van der Waals surface area contributed by atoms with E-state index in [1.54, 1.807) is 6.33 Å². The van der Waals surface area contributed by atoms with E-state index in [4.69, 9.17) is 15.7 Å². The van der Waals surface area contributed by atoms with Gasteiger partial charge in [-0.15, -0.1) is 0 Å². The third kappa shape index (κ3) is 14.6. The highest BCUT2D eigenvalue weighted by Crippen LogP contribution is 2.45. The van der Waals surface area contributed by atoms with Crippen LogP contribution in [0.25, 0.3) is 44.3 Å². The molecule has 0 atom stereocenters. The van der Waals surface area contributed by atoms with E-state index < -0.39 is 29.8 Å². The van der Waals surface area contributed by atoms with Crippen molar-refractivity contribution < 1.29 is 29.4 Å². The molecule has 0 radical (unpaired) electrons. The Balaban J connectivity index is 0.000000172. The summed E-state index contributed by atoms with van der Waals surface area (Å²) < 4.78 is 78.1. The molecule has 4 aromatic heterocycles. The summed E-state index contributed by atoms with van der Waals surface area (Å²) in [5.74, 6) is 1.96. The van der Waals surface area contributed by atoms with Gasteiger partial charge in [0.1, 0.15) is 55.3 Å². The third-order valence-corrected chi connectivity index (χ3v) is 16.9. The van der Waals surface area contributed by atoms with Crippen LogP contribution in [-0.2, 0) is 46.8 Å². The minimum Gasteiger partial charge on any atom is -0.383 e. The lowest BCUT2D eigenvalue weighted by atomic mass is 9.79. The number of piperazine rings is 2. The summed E-state index contributed by atoms with van der Waals surface area (Å²) in [6.45, 7) is 10.7. The van der Waals surface area contributed by atoms with Gasteiger partial charge in [0.15, 0.2) is 0 Å². The second kappa shape index (κ2) is 23.2. The standard InChI is InChI=1S/C25H34N6O2S.C21H26N4O5S2.C5H12N2/c1-29-7-9-30(10-8-29)15-19-13-21(14-19)31-16-22(23-24(26)27-17-28-25(23)31)20-5-3-4-18(12-20)6-11-34(2,32)33;1-31(26,27)7-6-14-4-3-5-16(8-14)18-11-25(21-19(18)20(22)23-13-24-21)17-9-15(10-17)12-30-32(2,28)29;1-7-4-2-6-3-5-7/h3-5,12,16-17,19,21H,6-11,13-15H2,1-2H3,(H2,26,27,28);3-5,8,11,13,15,17H,6-7,9-10,12H2,1-2H3,(H2,22,23,24);6H,2-5H2,1H3. The first kappa shape index (κ1) is 54.2. The molecule has 2 aliphatic heterocycles. The van der Waals surface area contributed by atoms with Gasteiger partial charge >= 0.3 is 0 Å². The van der Waals surface area contributed by atoms with Gasteiger partial charge in [0.05, 0.1) is 35.1 Å². The van der Waals surface area contributed by atoms with Gasteiger partial charge in [-0.2, -0.15) is 8.42 Å². The number of rotatable bonds is 15. The van der Waals surface area contributed by atoms with Crippen molar-refractivity contribution in [3.05, 3.63) is 84.7 Å². The van der Waals surface area contributed by atoms with Gasteiger partial charge in [-0.1, -0.05) is 48.5 Å². The number of hydrogen-bond donors (Lipinski definition) is 3. The summed E-state index contributed by atoms with van der Waals surface area (Å²) in [5.41, 5.74) is 19.9. The Morgan fingerprint density at radius 2 is 1.07 bits per heavy atom. The molecule has 0 spiro atoms. The molecule has 19 nitrogen and oxygen atoms in total. The van der Waals surface area contributed by atoms with Gasteiger partial charge in [0.25, 0.3) is 10.1 Å². The molecule has 2 saturated heterocycles. The Morgan fingerprint density at radius 1 is 0.616 bits per heavy atom. The van der Waals surface area contributed by atoms with Crippen molar-refractivity contribution in [2.45, 2.75) is 50.6 Å². The minimum absolute atomic E-state index is 0.0858. The summed E-state index contributed by atoms with van der Waals surface area (Å²) in [6, 6.07) is 16.4. The zero-order valence-electron chi connectivity index (χ0n) is 42.7. The normalized spacial score (nSPS) is 21.2. The van der Waals surface area contributed by atoms with Gasteiger partial charge in [0, 0.05) is 107 Å². The average Bonchev–Trinajstić information content (AvgIpc) is 3.90. The van der Waals surface area contributed by atoms with E-state index in [0.29, 0.717) is 36.4 Å². The van der Waals surface area contributed by atoms with Crippen LogP contribution in [0, 0.1) is 11.8 Å². The number of nitrogens with zero attached hydrogens (tertiary/aromatic N) is 9. The average molecular weight is 1060 g/mol. The molecule has 10 rings (SSSR count). The maximum Gasteiger partial charge on any atom is 0.264 e. The Hall–Kier alpha value is -5.07. The van der Waals surface area contributed by atoms with E-state index in [2.05, 4.69) is 75.4 Å². The molecule has 6 aromatic rings. The number of likely N-dealkylation sites (N-methyl/N-ethyl adjacent to an activating group) is 2. The molecule has 2 saturated carbocycles. The van der Waals surface area contributed by atoms with Crippen molar-refractivity contribution >= 4 is 63.5 Å². The van der Waals surface area contributed by atoms with E-state index in [1.807, 2.05) is 48.7 Å². The number of hydrogen-bond acceptors (Lipinski definition) is 17. The number of nitrogen functional groups attached to an aromatic ring is 2. The SMILES string of the molecule is CN1CCN(CC2CC(n3cc(-c4cccc(CCS(C)(=O)=O)c4)c4c(N)ncnc43)C2)CC1.CN1CCNCC1.CS(=O)(=O)CCc1cccc(-c2cn(C3CC(COS(C)(=O)=O)C3)c3ncnc(N)c23)c1. The lowest BCUT2D eigenvalue weighted by Gasteiger charge is -2.41. The summed E-state index contributed by atoms with van der Waals surface area (Å²) in [6.07, 6.45) is 15.5. The van der Waals surface area contributed by atoms with Crippen molar-refractivity contribution in [2.75, 3.05) is 121 Å². The van der Waals surface area contributed by atoms with Crippen LogP contribution in [0.1, 0.15) is 48.9 Å². The van der Waals surface area contributed by atoms with Gasteiger partial charge in [-0.05, 0) is 86.7 Å². The second-order valence-electron chi connectivity index (χ2n) is 20.6. The van der Waals surface area contributed by atoms with Crippen LogP contribution < -0.4 is 16.8 Å². The molecule has 4 aliphatic rings. The minimum atomic E-state index is -3.45. The van der Waals surface area contributed by atoms with Crippen LogP contribution in [0.15, 0.2) is 73.6 Å². The Labute approximate surface area is 430 Å². The summed E-state index contributed by atoms with van der Waals surface area (Å²) in [5, 5.41) is 4.91. The van der Waals surface area contributed by atoms with Crippen molar-refractivity contribution in [2.24, 2.45) is 11.8 Å². The molecule has 6 heterocycles. The van der Waals surface area contributed by atoms with E-state index in [9.17, 15) is 25.3 Å². The predicted molar refractivity (Wildman–Crippen MR) is 290 cm³/mol. The number of anilines is 2. The molecule has 2 aliphatic carbocycles. The number of nitrogens with two attached hydrogens (primary N) is 2. The number of fused-ring (bicyclic) bond motifs is 2. The number of sulfone groups is 2. The van der Waals surface area contributed by atoms with Crippen LogP contribution in [0.3, 0.4) is 0 Å². The molecule has 0 bridgehead atoms. The van der Waals surface area contributed by atoms with E-state index in [-0.39, 0.29) is 30.1 Å². The number of nitrogens with one attached hydrogen (secondary N) is 1. The Bertz CT molecular complexity index is 3190. The van der Waals surface area contributed by atoms with Crippen LogP contribution in [0.5, 0.6) is 0 Å². The maximum atomic E-state index is 11.6. The highest BCUT2D eigenvalue weighted by atomic mass is 32.2. The molecular formula is C51H72N12O7S3. The molecule has 5 N–H and O–H groups in total. The van der Waals surface area contributed by atoms with Crippen molar-refractivity contribution in [1.29, 1.82) is 0 Å². The van der Waals surface area contributed by atoms with Gasteiger partial charge in [-0.3, -0.25) is 4.18 Å². The van der Waals surface area contributed by atoms with Gasteiger partial charge in [0.2, 0.25) is 0 Å².